The van der Waals surface area contributed by atoms with Gasteiger partial charge in [0.05, 0.1) is 0 Å². The molecule has 2 amide bonds. The molecular weight excluding hydrogens is 302 g/mol. The summed E-state index contributed by atoms with van der Waals surface area (Å²) >= 11 is 0. The Bertz CT molecular complexity index is 514. The first-order valence-electron chi connectivity index (χ1n) is 7.49. The van der Waals surface area contributed by atoms with Crippen LogP contribution in [0.4, 0.5) is 11.4 Å². The van der Waals surface area contributed by atoms with Crippen LogP contribution in [0.25, 0.3) is 0 Å². The van der Waals surface area contributed by atoms with E-state index in [4.69, 9.17) is 0 Å². The van der Waals surface area contributed by atoms with Gasteiger partial charge in [-0.1, -0.05) is 19.9 Å². The predicted octanol–water partition coefficient (Wildman–Crippen LogP) is 2.78. The Balaban J connectivity index is 0.00000242. The minimum absolute atomic E-state index is 0. The number of anilines is 2. The van der Waals surface area contributed by atoms with E-state index in [0.717, 1.165) is 19.4 Å². The van der Waals surface area contributed by atoms with Gasteiger partial charge in [-0.25, -0.2) is 0 Å². The van der Waals surface area contributed by atoms with E-state index < -0.39 is 0 Å². The fourth-order valence-electron chi connectivity index (χ4n) is 2.33. The van der Waals surface area contributed by atoms with Gasteiger partial charge < -0.3 is 16.0 Å². The molecule has 0 saturated carbocycles. The van der Waals surface area contributed by atoms with E-state index >= 15 is 0 Å². The molecule has 0 aromatic heterocycles. The molecule has 22 heavy (non-hydrogen) atoms. The Labute approximate surface area is 137 Å². The first kappa shape index (κ1) is 18.5. The monoisotopic (exact) mass is 325 g/mol. The van der Waals surface area contributed by atoms with Crippen molar-refractivity contribution in [3.05, 3.63) is 24.3 Å². The normalized spacial score (nSPS) is 17.0. The zero-order valence-corrected chi connectivity index (χ0v) is 13.8. The summed E-state index contributed by atoms with van der Waals surface area (Å²) in [6.45, 7) is 4.68. The molecule has 0 aliphatic carbocycles. The molecule has 1 atom stereocenters. The second kappa shape index (κ2) is 8.76. The summed E-state index contributed by atoms with van der Waals surface area (Å²) in [7, 11) is 0. The van der Waals surface area contributed by atoms with Crippen LogP contribution in [-0.4, -0.2) is 24.4 Å². The van der Waals surface area contributed by atoms with Crippen LogP contribution in [0, 0.1) is 5.92 Å². The number of halogens is 1. The van der Waals surface area contributed by atoms with Gasteiger partial charge in [0, 0.05) is 29.8 Å². The smallest absolute Gasteiger partial charge is 0.226 e. The van der Waals surface area contributed by atoms with Gasteiger partial charge in [-0.3, -0.25) is 9.59 Å². The van der Waals surface area contributed by atoms with Gasteiger partial charge in [-0.2, -0.15) is 0 Å². The standard InChI is InChI=1S/C16H23N3O2.ClH/c1-11(2)16(21)19-14-6-3-5-13(9-14)18-15(20)10-12-7-4-8-17-12;/h3,5-6,9,11-12,17H,4,7-8,10H2,1-2H3,(H,18,20)(H,19,21);1H. The van der Waals surface area contributed by atoms with Crippen molar-refractivity contribution < 1.29 is 9.59 Å². The number of hydrogen-bond acceptors (Lipinski definition) is 3. The van der Waals surface area contributed by atoms with E-state index in [0.29, 0.717) is 17.8 Å². The number of hydrogen-bond donors (Lipinski definition) is 3. The minimum atomic E-state index is -0.0725. The van der Waals surface area contributed by atoms with Gasteiger partial charge >= 0.3 is 0 Å². The minimum Gasteiger partial charge on any atom is -0.326 e. The maximum atomic E-state index is 12.0. The topological polar surface area (TPSA) is 70.2 Å². The molecule has 1 aliphatic rings. The third-order valence-electron chi connectivity index (χ3n) is 3.53. The lowest BCUT2D eigenvalue weighted by Crippen LogP contribution is -2.27. The largest absolute Gasteiger partial charge is 0.326 e. The van der Waals surface area contributed by atoms with Crippen LogP contribution >= 0.6 is 12.4 Å². The predicted molar refractivity (Wildman–Crippen MR) is 91.4 cm³/mol. The van der Waals surface area contributed by atoms with Crippen LogP contribution in [0.5, 0.6) is 0 Å². The van der Waals surface area contributed by atoms with Gasteiger partial charge in [0.25, 0.3) is 0 Å². The molecule has 2 rings (SSSR count). The molecule has 0 bridgehead atoms. The Morgan fingerprint density at radius 2 is 1.95 bits per heavy atom. The quantitative estimate of drug-likeness (QED) is 0.779. The molecule has 0 radical (unpaired) electrons. The second-order valence-electron chi connectivity index (χ2n) is 5.77. The molecular formula is C16H24ClN3O2. The van der Waals surface area contributed by atoms with Crippen molar-refractivity contribution in [1.82, 2.24) is 5.32 Å². The summed E-state index contributed by atoms with van der Waals surface area (Å²) in [6.07, 6.45) is 2.68. The van der Waals surface area contributed by atoms with Gasteiger partial charge in [0.15, 0.2) is 0 Å². The van der Waals surface area contributed by atoms with Crippen molar-refractivity contribution in [3.63, 3.8) is 0 Å². The average molecular weight is 326 g/mol. The molecule has 0 spiro atoms. The van der Waals surface area contributed by atoms with E-state index in [9.17, 15) is 9.59 Å². The maximum absolute atomic E-state index is 12.0. The van der Waals surface area contributed by atoms with Gasteiger partial charge in [-0.15, -0.1) is 12.4 Å². The van der Waals surface area contributed by atoms with Crippen LogP contribution in [0.2, 0.25) is 0 Å². The molecule has 6 heteroatoms. The van der Waals surface area contributed by atoms with E-state index in [-0.39, 0.29) is 36.2 Å². The Kier molecular flexibility index (Phi) is 7.35. The van der Waals surface area contributed by atoms with Crippen LogP contribution in [0.15, 0.2) is 24.3 Å². The van der Waals surface area contributed by atoms with Gasteiger partial charge in [0.2, 0.25) is 11.8 Å². The molecule has 1 aliphatic heterocycles. The van der Waals surface area contributed by atoms with Crippen molar-refractivity contribution in [2.75, 3.05) is 17.2 Å². The summed E-state index contributed by atoms with van der Waals surface area (Å²) in [6, 6.07) is 7.52. The average Bonchev–Trinajstić information content (AvgIpc) is 2.91. The Hall–Kier alpha value is -1.59. The van der Waals surface area contributed by atoms with Gasteiger partial charge in [0.1, 0.15) is 0 Å². The van der Waals surface area contributed by atoms with E-state index in [1.165, 1.54) is 0 Å². The third-order valence-corrected chi connectivity index (χ3v) is 3.53. The number of nitrogens with one attached hydrogen (secondary N) is 3. The van der Waals surface area contributed by atoms with E-state index in [2.05, 4.69) is 16.0 Å². The van der Waals surface area contributed by atoms with Crippen LogP contribution in [-0.2, 0) is 9.59 Å². The highest BCUT2D eigenvalue weighted by Gasteiger charge is 2.17. The van der Waals surface area contributed by atoms with Gasteiger partial charge in [-0.05, 0) is 37.6 Å². The lowest BCUT2D eigenvalue weighted by molar-refractivity contribution is -0.119. The molecule has 1 fully saturated rings. The van der Waals surface area contributed by atoms with Crippen LogP contribution in [0.3, 0.4) is 0 Å². The molecule has 1 aromatic rings. The van der Waals surface area contributed by atoms with Crippen molar-refractivity contribution in [3.8, 4) is 0 Å². The molecule has 1 aromatic carbocycles. The maximum Gasteiger partial charge on any atom is 0.226 e. The first-order valence-corrected chi connectivity index (χ1v) is 7.49. The molecule has 5 nitrogen and oxygen atoms in total. The molecule has 1 saturated heterocycles. The Morgan fingerprint density at radius 1 is 1.27 bits per heavy atom. The lowest BCUT2D eigenvalue weighted by Gasteiger charge is -2.12. The number of rotatable bonds is 5. The summed E-state index contributed by atoms with van der Waals surface area (Å²) < 4.78 is 0. The van der Waals surface area contributed by atoms with Crippen molar-refractivity contribution in [2.45, 2.75) is 39.2 Å². The summed E-state index contributed by atoms with van der Waals surface area (Å²) in [5, 5.41) is 9.01. The summed E-state index contributed by atoms with van der Waals surface area (Å²) in [4.78, 5) is 23.6. The zero-order chi connectivity index (χ0) is 15.2. The van der Waals surface area contributed by atoms with Crippen molar-refractivity contribution in [2.24, 2.45) is 5.92 Å². The molecule has 122 valence electrons. The van der Waals surface area contributed by atoms with Crippen molar-refractivity contribution >= 4 is 35.6 Å². The lowest BCUT2D eigenvalue weighted by atomic mass is 10.1. The molecule has 1 heterocycles. The first-order chi connectivity index (χ1) is 10.0. The molecule has 1 unspecified atom stereocenters. The Morgan fingerprint density at radius 3 is 2.55 bits per heavy atom. The van der Waals surface area contributed by atoms with Crippen LogP contribution in [0.1, 0.15) is 33.1 Å². The van der Waals surface area contributed by atoms with E-state index in [1.54, 1.807) is 6.07 Å². The fraction of sp³-hybridized carbons (Fsp3) is 0.500. The third kappa shape index (κ3) is 5.66. The number of amides is 2. The van der Waals surface area contributed by atoms with E-state index in [1.807, 2.05) is 32.0 Å². The highest BCUT2D eigenvalue weighted by molar-refractivity contribution is 5.94. The number of carbonyl (C=O) groups excluding carboxylic acids is 2. The molecule has 3 N–H and O–H groups in total. The number of benzene rings is 1. The SMILES string of the molecule is CC(C)C(=O)Nc1cccc(NC(=O)CC2CCCN2)c1.Cl. The second-order valence-corrected chi connectivity index (χ2v) is 5.77. The summed E-state index contributed by atoms with van der Waals surface area (Å²) in [5.41, 5.74) is 1.41. The fourth-order valence-corrected chi connectivity index (χ4v) is 2.33. The number of carbonyl (C=O) groups is 2. The van der Waals surface area contributed by atoms with Crippen LogP contribution < -0.4 is 16.0 Å². The highest BCUT2D eigenvalue weighted by Crippen LogP contribution is 2.17. The summed E-state index contributed by atoms with van der Waals surface area (Å²) in [5.74, 6) is -0.105. The highest BCUT2D eigenvalue weighted by atomic mass is 35.5. The van der Waals surface area contributed by atoms with Crippen molar-refractivity contribution in [1.29, 1.82) is 0 Å². The zero-order valence-electron chi connectivity index (χ0n) is 13.0.